The quantitative estimate of drug-likeness (QED) is 0.643. The topological polar surface area (TPSA) is 34.4 Å². The van der Waals surface area contributed by atoms with Crippen molar-refractivity contribution in [2.75, 3.05) is 7.05 Å². The highest BCUT2D eigenvalue weighted by Crippen LogP contribution is 2.18. The summed E-state index contributed by atoms with van der Waals surface area (Å²) in [5.41, 5.74) is 2.44. The first-order valence-corrected chi connectivity index (χ1v) is 2.79. The number of nitrogens with one attached hydrogen (secondary N) is 1. The van der Waals surface area contributed by atoms with E-state index < -0.39 is 0 Å². The summed E-state index contributed by atoms with van der Waals surface area (Å²) < 4.78 is 4.80. The van der Waals surface area contributed by atoms with Crippen molar-refractivity contribution < 1.29 is 9.25 Å². The van der Waals surface area contributed by atoms with Crippen molar-refractivity contribution in [1.82, 2.24) is 5.48 Å². The van der Waals surface area contributed by atoms with Crippen molar-refractivity contribution in [2.24, 2.45) is 0 Å². The lowest BCUT2D eigenvalue weighted by Gasteiger charge is -1.93. The van der Waals surface area contributed by atoms with Crippen LogP contribution >= 0.6 is 11.6 Å². The van der Waals surface area contributed by atoms with Crippen molar-refractivity contribution in [3.63, 3.8) is 0 Å². The molecule has 0 unspecified atom stereocenters. The van der Waals surface area contributed by atoms with Crippen molar-refractivity contribution in [3.8, 4) is 5.95 Å². The van der Waals surface area contributed by atoms with Gasteiger partial charge in [-0.2, -0.15) is 5.48 Å². The van der Waals surface area contributed by atoms with Gasteiger partial charge in [0.25, 0.3) is 0 Å². The Hall–Kier alpha value is -0.670. The average Bonchev–Trinajstić information content (AvgIpc) is 2.17. The van der Waals surface area contributed by atoms with Gasteiger partial charge in [-0.25, -0.2) is 0 Å². The van der Waals surface area contributed by atoms with E-state index in [-0.39, 0.29) is 0 Å². The molecule has 0 atom stereocenters. The minimum Gasteiger partial charge on any atom is -0.413 e. The van der Waals surface area contributed by atoms with Crippen molar-refractivity contribution in [2.45, 2.75) is 0 Å². The third kappa shape index (κ3) is 1.62. The number of hydroxylamine groups is 1. The van der Waals surface area contributed by atoms with Gasteiger partial charge in [-0.3, -0.25) is 0 Å². The second kappa shape index (κ2) is 2.75. The van der Waals surface area contributed by atoms with Crippen molar-refractivity contribution in [3.05, 3.63) is 17.4 Å². The molecule has 0 aromatic carbocycles. The van der Waals surface area contributed by atoms with Gasteiger partial charge < -0.3 is 9.25 Å². The van der Waals surface area contributed by atoms with E-state index in [1.54, 1.807) is 19.2 Å². The SMILES string of the molecule is CNOc1ccc(Cl)o1. The van der Waals surface area contributed by atoms with E-state index in [1.165, 1.54) is 0 Å². The standard InChI is InChI=1S/C5H6ClNO2/c1-7-9-5-3-2-4(6)8-5/h2-3,7H,1H3. The van der Waals surface area contributed by atoms with Gasteiger partial charge in [-0.1, -0.05) is 0 Å². The molecule has 0 amide bonds. The summed E-state index contributed by atoms with van der Waals surface area (Å²) in [7, 11) is 1.64. The van der Waals surface area contributed by atoms with Gasteiger partial charge in [0.2, 0.25) is 0 Å². The maximum atomic E-state index is 5.42. The lowest BCUT2D eigenvalue weighted by atomic mass is 10.7. The molecule has 0 aliphatic rings. The molecule has 0 radical (unpaired) electrons. The van der Waals surface area contributed by atoms with E-state index in [0.717, 1.165) is 0 Å². The van der Waals surface area contributed by atoms with Gasteiger partial charge in [0.15, 0.2) is 5.22 Å². The van der Waals surface area contributed by atoms with Crippen LogP contribution in [0, 0.1) is 0 Å². The summed E-state index contributed by atoms with van der Waals surface area (Å²) in [6.45, 7) is 0. The molecule has 0 aliphatic carbocycles. The summed E-state index contributed by atoms with van der Waals surface area (Å²) in [5, 5.41) is 0.320. The summed E-state index contributed by atoms with van der Waals surface area (Å²) in [6, 6.07) is 3.23. The van der Waals surface area contributed by atoms with E-state index in [4.69, 9.17) is 20.9 Å². The van der Waals surface area contributed by atoms with Crippen LogP contribution in [0.1, 0.15) is 0 Å². The largest absolute Gasteiger partial charge is 0.413 e. The zero-order chi connectivity index (χ0) is 6.69. The molecule has 1 N–H and O–H groups in total. The Morgan fingerprint density at radius 1 is 1.67 bits per heavy atom. The lowest BCUT2D eigenvalue weighted by Crippen LogP contribution is -2.09. The molecule has 0 spiro atoms. The molecular formula is C5H6ClNO2. The summed E-state index contributed by atoms with van der Waals surface area (Å²) in [5.74, 6) is 0.363. The predicted molar refractivity (Wildman–Crippen MR) is 33.4 cm³/mol. The zero-order valence-electron chi connectivity index (χ0n) is 4.85. The Morgan fingerprint density at radius 3 is 2.89 bits per heavy atom. The minimum atomic E-state index is 0.320. The molecule has 9 heavy (non-hydrogen) atoms. The zero-order valence-corrected chi connectivity index (χ0v) is 5.61. The number of rotatable bonds is 2. The van der Waals surface area contributed by atoms with E-state index in [1.807, 2.05) is 0 Å². The molecule has 3 nitrogen and oxygen atoms in total. The molecule has 0 aliphatic heterocycles. The first-order chi connectivity index (χ1) is 4.33. The van der Waals surface area contributed by atoms with Gasteiger partial charge in [0.1, 0.15) is 0 Å². The normalized spacial score (nSPS) is 9.56. The summed E-state index contributed by atoms with van der Waals surface area (Å²) in [4.78, 5) is 4.73. The Balaban J connectivity index is 2.61. The van der Waals surface area contributed by atoms with Gasteiger partial charge in [0, 0.05) is 19.2 Å². The van der Waals surface area contributed by atoms with Crippen LogP contribution in [0.5, 0.6) is 5.95 Å². The number of furan rings is 1. The highest BCUT2D eigenvalue weighted by molar-refractivity contribution is 6.28. The average molecular weight is 148 g/mol. The molecule has 0 saturated carbocycles. The Labute approximate surface area is 57.5 Å². The van der Waals surface area contributed by atoms with Crippen LogP contribution in [0.2, 0.25) is 5.22 Å². The van der Waals surface area contributed by atoms with E-state index in [9.17, 15) is 0 Å². The van der Waals surface area contributed by atoms with Crippen LogP contribution < -0.4 is 10.3 Å². The third-order valence-corrected chi connectivity index (χ3v) is 0.954. The molecule has 0 fully saturated rings. The molecule has 1 aromatic rings. The number of halogens is 1. The van der Waals surface area contributed by atoms with Crippen LogP contribution in [-0.4, -0.2) is 7.05 Å². The highest BCUT2D eigenvalue weighted by Gasteiger charge is 1.96. The van der Waals surface area contributed by atoms with Gasteiger partial charge in [-0.05, 0) is 11.6 Å². The molecule has 50 valence electrons. The first-order valence-electron chi connectivity index (χ1n) is 2.42. The van der Waals surface area contributed by atoms with Crippen molar-refractivity contribution >= 4 is 11.6 Å². The molecule has 4 heteroatoms. The van der Waals surface area contributed by atoms with Crippen LogP contribution in [0.4, 0.5) is 0 Å². The Bertz CT molecular complexity index is 187. The first kappa shape index (κ1) is 6.45. The molecule has 1 heterocycles. The Kier molecular flexibility index (Phi) is 1.97. The predicted octanol–water partition coefficient (Wildman–Crippen LogP) is 1.45. The fourth-order valence-corrected chi connectivity index (χ4v) is 0.592. The Morgan fingerprint density at radius 2 is 2.44 bits per heavy atom. The highest BCUT2D eigenvalue weighted by atomic mass is 35.5. The van der Waals surface area contributed by atoms with Crippen LogP contribution in [-0.2, 0) is 0 Å². The fourth-order valence-electron chi connectivity index (χ4n) is 0.453. The van der Waals surface area contributed by atoms with Crippen LogP contribution in [0.3, 0.4) is 0 Å². The van der Waals surface area contributed by atoms with E-state index in [2.05, 4.69) is 5.48 Å². The molecule has 1 rings (SSSR count). The lowest BCUT2D eigenvalue weighted by molar-refractivity contribution is 0.169. The van der Waals surface area contributed by atoms with E-state index >= 15 is 0 Å². The van der Waals surface area contributed by atoms with E-state index in [0.29, 0.717) is 11.2 Å². The van der Waals surface area contributed by atoms with Crippen LogP contribution in [0.25, 0.3) is 0 Å². The second-order valence-corrected chi connectivity index (χ2v) is 1.74. The van der Waals surface area contributed by atoms with Gasteiger partial charge in [-0.15, -0.1) is 0 Å². The maximum absolute atomic E-state index is 5.42. The van der Waals surface area contributed by atoms with Crippen LogP contribution in [0.15, 0.2) is 16.5 Å². The third-order valence-electron chi connectivity index (χ3n) is 0.751. The minimum absolute atomic E-state index is 0.320. The maximum Gasteiger partial charge on any atom is 0.305 e. The molecule has 0 saturated heterocycles. The number of hydrogen-bond donors (Lipinski definition) is 1. The summed E-state index contributed by atoms with van der Waals surface area (Å²) >= 11 is 5.42. The molecule has 1 aromatic heterocycles. The summed E-state index contributed by atoms with van der Waals surface area (Å²) in [6.07, 6.45) is 0. The monoisotopic (exact) mass is 147 g/mol. The van der Waals surface area contributed by atoms with Gasteiger partial charge >= 0.3 is 5.95 Å². The number of hydrogen-bond acceptors (Lipinski definition) is 3. The molecule has 0 bridgehead atoms. The van der Waals surface area contributed by atoms with Crippen molar-refractivity contribution in [1.29, 1.82) is 0 Å². The van der Waals surface area contributed by atoms with Gasteiger partial charge in [0.05, 0.1) is 0 Å². The molecular weight excluding hydrogens is 142 g/mol. The fraction of sp³-hybridized carbons (Fsp3) is 0.200. The smallest absolute Gasteiger partial charge is 0.305 e. The second-order valence-electron chi connectivity index (χ2n) is 1.36.